The molecule has 17 heavy (non-hydrogen) atoms. The lowest BCUT2D eigenvalue weighted by Crippen LogP contribution is -2.26. The molecule has 2 bridgehead atoms. The van der Waals surface area contributed by atoms with Crippen molar-refractivity contribution in [3.8, 4) is 0 Å². The maximum Gasteiger partial charge on any atom is 0.267 e. The molecule has 0 radical (unpaired) electrons. The number of nitrogens with one attached hydrogen (secondary N) is 1. The number of primary amides is 1. The maximum atomic E-state index is 11.0. The van der Waals surface area contributed by atoms with E-state index in [0.717, 1.165) is 17.7 Å². The van der Waals surface area contributed by atoms with E-state index in [4.69, 9.17) is 5.73 Å². The minimum atomic E-state index is -0.471. The van der Waals surface area contributed by atoms with Gasteiger partial charge in [-0.3, -0.25) is 4.79 Å². The molecule has 2 aliphatic rings. The number of carbonyl (C=O) groups is 1. The van der Waals surface area contributed by atoms with Crippen LogP contribution in [-0.2, 0) is 0 Å². The summed E-state index contributed by atoms with van der Waals surface area (Å²) in [6.07, 6.45) is 5.32. The van der Waals surface area contributed by atoms with Gasteiger partial charge in [0.2, 0.25) is 0 Å². The highest BCUT2D eigenvalue weighted by atomic mass is 16.1. The van der Waals surface area contributed by atoms with Crippen molar-refractivity contribution in [3.63, 3.8) is 0 Å². The topological polar surface area (TPSA) is 68.0 Å². The first-order valence-electron chi connectivity index (χ1n) is 6.26. The van der Waals surface area contributed by atoms with Gasteiger partial charge in [-0.05, 0) is 43.2 Å². The monoisotopic (exact) mass is 231 g/mol. The van der Waals surface area contributed by atoms with Gasteiger partial charge in [-0.1, -0.05) is 12.5 Å². The van der Waals surface area contributed by atoms with Crippen molar-refractivity contribution >= 4 is 11.7 Å². The van der Waals surface area contributed by atoms with Gasteiger partial charge in [-0.25, -0.2) is 4.98 Å². The molecule has 1 amide bonds. The van der Waals surface area contributed by atoms with Gasteiger partial charge in [0.25, 0.3) is 5.91 Å². The second-order valence-corrected chi connectivity index (χ2v) is 5.20. The minimum absolute atomic E-state index is 0.332. The fraction of sp³-hybridized carbons (Fsp3) is 0.538. The second-order valence-electron chi connectivity index (χ2n) is 5.20. The number of hydrogen-bond acceptors (Lipinski definition) is 3. The number of fused-ring (bicyclic) bond motifs is 2. The second kappa shape index (κ2) is 4.02. The van der Waals surface area contributed by atoms with Crippen LogP contribution in [0.25, 0.3) is 0 Å². The van der Waals surface area contributed by atoms with Gasteiger partial charge in [0.15, 0.2) is 0 Å². The number of nitrogens with two attached hydrogens (primary N) is 1. The highest BCUT2D eigenvalue weighted by molar-refractivity contribution is 5.91. The number of nitrogens with zero attached hydrogens (tertiary/aromatic N) is 1. The first kappa shape index (κ1) is 10.6. The Kier molecular flexibility index (Phi) is 2.50. The Morgan fingerprint density at radius 2 is 2.24 bits per heavy atom. The van der Waals surface area contributed by atoms with Gasteiger partial charge < -0.3 is 11.1 Å². The van der Waals surface area contributed by atoms with E-state index < -0.39 is 5.91 Å². The maximum absolute atomic E-state index is 11.0. The van der Waals surface area contributed by atoms with E-state index in [9.17, 15) is 4.79 Å². The van der Waals surface area contributed by atoms with Crippen LogP contribution >= 0.6 is 0 Å². The van der Waals surface area contributed by atoms with Crippen LogP contribution in [0.5, 0.6) is 0 Å². The molecule has 0 aromatic carbocycles. The molecular weight excluding hydrogens is 214 g/mol. The lowest BCUT2D eigenvalue weighted by molar-refractivity contribution is 0.0995. The van der Waals surface area contributed by atoms with Gasteiger partial charge in [-0.2, -0.15) is 0 Å². The summed E-state index contributed by atoms with van der Waals surface area (Å²) in [5, 5.41) is 3.45. The summed E-state index contributed by atoms with van der Waals surface area (Å²) in [6, 6.07) is 5.90. The lowest BCUT2D eigenvalue weighted by Gasteiger charge is -2.23. The summed E-state index contributed by atoms with van der Waals surface area (Å²) in [5.41, 5.74) is 5.55. The van der Waals surface area contributed by atoms with E-state index in [0.29, 0.717) is 11.7 Å². The highest BCUT2D eigenvalue weighted by Gasteiger charge is 2.39. The number of carbonyl (C=O) groups excluding carboxylic acids is 1. The molecule has 1 aromatic heterocycles. The van der Waals surface area contributed by atoms with Gasteiger partial charge in [-0.15, -0.1) is 0 Å². The Bertz CT molecular complexity index is 446. The van der Waals surface area contributed by atoms with Crippen molar-refractivity contribution in [1.29, 1.82) is 0 Å². The van der Waals surface area contributed by atoms with Crippen LogP contribution < -0.4 is 11.1 Å². The van der Waals surface area contributed by atoms with Crippen molar-refractivity contribution in [2.24, 2.45) is 17.6 Å². The van der Waals surface area contributed by atoms with Crippen molar-refractivity contribution in [2.45, 2.75) is 31.7 Å². The quantitative estimate of drug-likeness (QED) is 0.833. The summed E-state index contributed by atoms with van der Waals surface area (Å²) in [6.45, 7) is 0. The van der Waals surface area contributed by atoms with Gasteiger partial charge in [0.05, 0.1) is 0 Å². The number of amides is 1. The van der Waals surface area contributed by atoms with Gasteiger partial charge in [0.1, 0.15) is 11.5 Å². The van der Waals surface area contributed by atoms with Crippen molar-refractivity contribution in [2.75, 3.05) is 5.32 Å². The van der Waals surface area contributed by atoms with Crippen LogP contribution in [0.2, 0.25) is 0 Å². The van der Waals surface area contributed by atoms with E-state index >= 15 is 0 Å². The zero-order valence-electron chi connectivity index (χ0n) is 9.73. The molecule has 4 heteroatoms. The predicted octanol–water partition coefficient (Wildman–Crippen LogP) is 1.78. The molecule has 0 saturated heterocycles. The van der Waals surface area contributed by atoms with E-state index in [2.05, 4.69) is 10.3 Å². The van der Waals surface area contributed by atoms with Gasteiger partial charge >= 0.3 is 0 Å². The van der Waals surface area contributed by atoms with Crippen LogP contribution in [0.4, 0.5) is 5.82 Å². The fourth-order valence-electron chi connectivity index (χ4n) is 3.26. The molecule has 3 unspecified atom stereocenters. The molecular formula is C13H17N3O. The molecule has 0 spiro atoms. The normalized spacial score (nSPS) is 30.5. The smallest absolute Gasteiger partial charge is 0.267 e. The first-order valence-corrected chi connectivity index (χ1v) is 6.26. The third-order valence-electron chi connectivity index (χ3n) is 4.07. The molecule has 2 aliphatic carbocycles. The standard InChI is InChI=1S/C13H17N3O/c14-13(17)10-2-1-3-12(15-10)16-11-7-8-4-5-9(11)6-8/h1-3,8-9,11H,4-7H2,(H2,14,17)(H,15,16). The minimum Gasteiger partial charge on any atom is -0.367 e. The molecule has 3 atom stereocenters. The summed E-state index contributed by atoms with van der Waals surface area (Å²) in [7, 11) is 0. The van der Waals surface area contributed by atoms with E-state index in [-0.39, 0.29) is 0 Å². The molecule has 0 aliphatic heterocycles. The van der Waals surface area contributed by atoms with Crippen molar-refractivity contribution in [3.05, 3.63) is 23.9 Å². The number of aromatic nitrogens is 1. The molecule has 4 nitrogen and oxygen atoms in total. The molecule has 1 aromatic rings. The molecule has 2 fully saturated rings. The third-order valence-corrected chi connectivity index (χ3v) is 4.07. The average Bonchev–Trinajstić information content (AvgIpc) is 2.91. The van der Waals surface area contributed by atoms with E-state index in [1.807, 2.05) is 12.1 Å². The Balaban J connectivity index is 1.73. The van der Waals surface area contributed by atoms with E-state index in [1.54, 1.807) is 6.07 Å². The predicted molar refractivity (Wildman–Crippen MR) is 65.6 cm³/mol. The zero-order valence-corrected chi connectivity index (χ0v) is 9.73. The average molecular weight is 231 g/mol. The van der Waals surface area contributed by atoms with Crippen LogP contribution in [0, 0.1) is 11.8 Å². The Morgan fingerprint density at radius 3 is 2.88 bits per heavy atom. The van der Waals surface area contributed by atoms with Crippen LogP contribution in [0.1, 0.15) is 36.2 Å². The highest BCUT2D eigenvalue weighted by Crippen LogP contribution is 2.45. The molecule has 2 saturated carbocycles. The Morgan fingerprint density at radius 1 is 1.35 bits per heavy atom. The summed E-state index contributed by atoms with van der Waals surface area (Å²) < 4.78 is 0. The van der Waals surface area contributed by atoms with Crippen LogP contribution in [0.15, 0.2) is 18.2 Å². The largest absolute Gasteiger partial charge is 0.367 e. The first-order chi connectivity index (χ1) is 8.22. The fourth-order valence-corrected chi connectivity index (χ4v) is 3.26. The zero-order chi connectivity index (χ0) is 11.8. The third kappa shape index (κ3) is 1.99. The van der Waals surface area contributed by atoms with Crippen molar-refractivity contribution in [1.82, 2.24) is 4.98 Å². The Labute approximate surface area is 101 Å². The molecule has 3 N–H and O–H groups in total. The lowest BCUT2D eigenvalue weighted by atomic mass is 9.95. The SMILES string of the molecule is NC(=O)c1cccc(NC2CC3CCC2C3)n1. The number of anilines is 1. The Hall–Kier alpha value is -1.58. The van der Waals surface area contributed by atoms with Crippen LogP contribution in [-0.4, -0.2) is 16.9 Å². The summed E-state index contributed by atoms with van der Waals surface area (Å²) >= 11 is 0. The number of pyridine rings is 1. The number of rotatable bonds is 3. The summed E-state index contributed by atoms with van der Waals surface area (Å²) in [4.78, 5) is 15.3. The van der Waals surface area contributed by atoms with Crippen molar-refractivity contribution < 1.29 is 4.79 Å². The molecule has 90 valence electrons. The van der Waals surface area contributed by atoms with Crippen LogP contribution in [0.3, 0.4) is 0 Å². The molecule has 1 heterocycles. The number of hydrogen-bond donors (Lipinski definition) is 2. The van der Waals surface area contributed by atoms with E-state index in [1.165, 1.54) is 25.7 Å². The van der Waals surface area contributed by atoms with Gasteiger partial charge in [0, 0.05) is 6.04 Å². The summed E-state index contributed by atoms with van der Waals surface area (Å²) in [5.74, 6) is 2.00. The molecule has 3 rings (SSSR count).